The fourth-order valence-corrected chi connectivity index (χ4v) is 2.91. The number of alkyl halides is 1. The lowest BCUT2D eigenvalue weighted by atomic mass is 9.78. The summed E-state index contributed by atoms with van der Waals surface area (Å²) in [6, 6.07) is 4.22. The molecule has 2 heterocycles. The first-order valence-electron chi connectivity index (χ1n) is 8.19. The van der Waals surface area contributed by atoms with Crippen LogP contribution in [0.2, 0.25) is 0 Å². The number of carbonyl (C=O) groups excluding carboxylic acids is 1. The van der Waals surface area contributed by atoms with Gasteiger partial charge >= 0.3 is 7.12 Å². The van der Waals surface area contributed by atoms with Gasteiger partial charge in [0.25, 0.3) is 5.91 Å². The summed E-state index contributed by atoms with van der Waals surface area (Å²) in [5, 5.41) is 0. The summed E-state index contributed by atoms with van der Waals surface area (Å²) in [5.41, 5.74) is -0.661. The van der Waals surface area contributed by atoms with Crippen LogP contribution in [0, 0.1) is 5.82 Å². The molecule has 0 bridgehead atoms. The van der Waals surface area contributed by atoms with Gasteiger partial charge in [-0.2, -0.15) is 0 Å². The molecule has 2 fully saturated rings. The van der Waals surface area contributed by atoms with Crippen molar-refractivity contribution in [1.82, 2.24) is 4.90 Å². The maximum atomic E-state index is 14.5. The van der Waals surface area contributed by atoms with E-state index in [2.05, 4.69) is 0 Å². The van der Waals surface area contributed by atoms with Crippen molar-refractivity contribution < 1.29 is 22.9 Å². The molecule has 2 saturated heterocycles. The van der Waals surface area contributed by atoms with Crippen molar-refractivity contribution in [3.05, 3.63) is 29.6 Å². The summed E-state index contributed by atoms with van der Waals surface area (Å²) in [6.45, 7) is 8.00. The van der Waals surface area contributed by atoms with Crippen molar-refractivity contribution >= 4 is 18.5 Å². The number of benzene rings is 1. The molecule has 7 heteroatoms. The van der Waals surface area contributed by atoms with E-state index in [1.807, 2.05) is 27.7 Å². The molecule has 3 rings (SSSR count). The highest BCUT2D eigenvalue weighted by Crippen LogP contribution is 2.36. The predicted octanol–water partition coefficient (Wildman–Crippen LogP) is 2.31. The standard InChI is InChI=1S/C17H22BF2NO3/c1-16(2)17(3,4)24-18(23-16)13-6-5-11(9-14(13)20)15(22)21-8-7-12(19)10-21/h5-6,9,12H,7-8,10H2,1-4H3. The second kappa shape index (κ2) is 5.81. The van der Waals surface area contributed by atoms with Crippen LogP contribution >= 0.6 is 0 Å². The van der Waals surface area contributed by atoms with Gasteiger partial charge in [0.05, 0.1) is 17.7 Å². The fourth-order valence-electron chi connectivity index (χ4n) is 2.91. The number of amides is 1. The quantitative estimate of drug-likeness (QED) is 0.778. The van der Waals surface area contributed by atoms with Gasteiger partial charge in [-0.1, -0.05) is 6.07 Å². The first kappa shape index (κ1) is 17.4. The average Bonchev–Trinajstić information content (AvgIpc) is 2.99. The third-order valence-corrected chi connectivity index (χ3v) is 5.17. The van der Waals surface area contributed by atoms with Gasteiger partial charge < -0.3 is 14.2 Å². The Bertz CT molecular complexity index is 649. The lowest BCUT2D eigenvalue weighted by Crippen LogP contribution is -2.41. The topological polar surface area (TPSA) is 38.8 Å². The molecule has 2 aliphatic heterocycles. The Morgan fingerprint density at radius 2 is 1.88 bits per heavy atom. The summed E-state index contributed by atoms with van der Waals surface area (Å²) in [6.07, 6.45) is -0.664. The summed E-state index contributed by atoms with van der Waals surface area (Å²) in [7, 11) is -0.818. The molecule has 1 unspecified atom stereocenters. The minimum absolute atomic E-state index is 0.0689. The van der Waals surface area contributed by atoms with Crippen LogP contribution in [0.3, 0.4) is 0 Å². The van der Waals surface area contributed by atoms with Gasteiger partial charge in [0.15, 0.2) is 0 Å². The molecule has 1 aromatic carbocycles. The van der Waals surface area contributed by atoms with Gasteiger partial charge in [-0.25, -0.2) is 8.78 Å². The zero-order valence-electron chi connectivity index (χ0n) is 14.4. The minimum Gasteiger partial charge on any atom is -0.399 e. The summed E-state index contributed by atoms with van der Waals surface area (Å²) in [5.74, 6) is -0.912. The van der Waals surface area contributed by atoms with Crippen molar-refractivity contribution in [2.75, 3.05) is 13.1 Å². The highest BCUT2D eigenvalue weighted by atomic mass is 19.1. The normalized spacial score (nSPS) is 25.3. The van der Waals surface area contributed by atoms with E-state index in [4.69, 9.17) is 9.31 Å². The van der Waals surface area contributed by atoms with Crippen LogP contribution in [0.15, 0.2) is 18.2 Å². The van der Waals surface area contributed by atoms with Crippen LogP contribution in [0.1, 0.15) is 44.5 Å². The highest BCUT2D eigenvalue weighted by molar-refractivity contribution is 6.62. The molecule has 24 heavy (non-hydrogen) atoms. The summed E-state index contributed by atoms with van der Waals surface area (Å²) in [4.78, 5) is 13.7. The molecule has 130 valence electrons. The van der Waals surface area contributed by atoms with Crippen LogP contribution in [0.25, 0.3) is 0 Å². The van der Waals surface area contributed by atoms with Crippen LogP contribution < -0.4 is 5.46 Å². The largest absolute Gasteiger partial charge is 0.497 e. The van der Waals surface area contributed by atoms with Crippen LogP contribution in [0.5, 0.6) is 0 Å². The zero-order valence-corrected chi connectivity index (χ0v) is 14.4. The summed E-state index contributed by atoms with van der Waals surface area (Å²) >= 11 is 0. The maximum absolute atomic E-state index is 14.5. The zero-order chi connectivity index (χ0) is 17.7. The minimum atomic E-state index is -0.997. The molecule has 0 aromatic heterocycles. The van der Waals surface area contributed by atoms with Crippen LogP contribution in [-0.4, -0.2) is 48.4 Å². The molecule has 0 aliphatic carbocycles. The number of carbonyl (C=O) groups is 1. The molecular weight excluding hydrogens is 315 g/mol. The predicted molar refractivity (Wildman–Crippen MR) is 87.5 cm³/mol. The molecule has 1 atom stereocenters. The Balaban J connectivity index is 1.80. The summed E-state index contributed by atoms with van der Waals surface area (Å²) < 4.78 is 39.4. The number of hydrogen-bond acceptors (Lipinski definition) is 3. The smallest absolute Gasteiger partial charge is 0.399 e. The Hall–Kier alpha value is -1.47. The number of hydrogen-bond donors (Lipinski definition) is 0. The monoisotopic (exact) mass is 337 g/mol. The van der Waals surface area contributed by atoms with Gasteiger partial charge in [0, 0.05) is 17.6 Å². The second-order valence-electron chi connectivity index (χ2n) is 7.46. The van der Waals surface area contributed by atoms with Gasteiger partial charge in [-0.3, -0.25) is 4.79 Å². The molecule has 0 N–H and O–H groups in total. The Morgan fingerprint density at radius 1 is 1.25 bits per heavy atom. The fraction of sp³-hybridized carbons (Fsp3) is 0.588. The van der Waals surface area contributed by atoms with E-state index in [9.17, 15) is 13.6 Å². The number of rotatable bonds is 2. The first-order valence-corrected chi connectivity index (χ1v) is 8.19. The Morgan fingerprint density at radius 3 is 2.38 bits per heavy atom. The number of nitrogens with zero attached hydrogens (tertiary/aromatic N) is 1. The Kier molecular flexibility index (Phi) is 4.20. The molecule has 2 aliphatic rings. The molecule has 0 radical (unpaired) electrons. The first-order chi connectivity index (χ1) is 11.1. The average molecular weight is 337 g/mol. The van der Waals surface area contributed by atoms with E-state index < -0.39 is 30.3 Å². The lowest BCUT2D eigenvalue weighted by molar-refractivity contribution is 0.00578. The third kappa shape index (κ3) is 2.95. The van der Waals surface area contributed by atoms with Crippen molar-refractivity contribution in [3.63, 3.8) is 0 Å². The van der Waals surface area contributed by atoms with E-state index in [1.165, 1.54) is 23.1 Å². The van der Waals surface area contributed by atoms with Crippen LogP contribution in [-0.2, 0) is 9.31 Å². The number of halogens is 2. The van der Waals surface area contributed by atoms with E-state index in [0.717, 1.165) is 0 Å². The molecular formula is C17H22BF2NO3. The molecule has 0 spiro atoms. The van der Waals surface area contributed by atoms with Gasteiger partial charge in [0.2, 0.25) is 0 Å². The molecule has 1 amide bonds. The van der Waals surface area contributed by atoms with Crippen molar-refractivity contribution in [2.24, 2.45) is 0 Å². The van der Waals surface area contributed by atoms with Gasteiger partial charge in [-0.05, 0) is 46.2 Å². The SMILES string of the molecule is CC1(C)OB(c2ccc(C(=O)N3CCC(F)C3)cc2F)OC1(C)C. The van der Waals surface area contributed by atoms with E-state index in [-0.39, 0.29) is 23.5 Å². The highest BCUT2D eigenvalue weighted by Gasteiger charge is 2.52. The van der Waals surface area contributed by atoms with Crippen molar-refractivity contribution in [2.45, 2.75) is 51.5 Å². The second-order valence-corrected chi connectivity index (χ2v) is 7.46. The molecule has 0 saturated carbocycles. The van der Waals surface area contributed by atoms with E-state index in [1.54, 1.807) is 0 Å². The van der Waals surface area contributed by atoms with Crippen molar-refractivity contribution in [1.29, 1.82) is 0 Å². The molecule has 1 aromatic rings. The third-order valence-electron chi connectivity index (χ3n) is 5.17. The molecule has 4 nitrogen and oxygen atoms in total. The van der Waals surface area contributed by atoms with E-state index in [0.29, 0.717) is 13.0 Å². The van der Waals surface area contributed by atoms with Crippen molar-refractivity contribution in [3.8, 4) is 0 Å². The Labute approximate surface area is 141 Å². The van der Waals surface area contributed by atoms with Crippen LogP contribution in [0.4, 0.5) is 8.78 Å². The van der Waals surface area contributed by atoms with Gasteiger partial charge in [-0.15, -0.1) is 0 Å². The van der Waals surface area contributed by atoms with E-state index >= 15 is 0 Å². The lowest BCUT2D eigenvalue weighted by Gasteiger charge is -2.32. The number of likely N-dealkylation sites (tertiary alicyclic amines) is 1. The maximum Gasteiger partial charge on any atom is 0.497 e. The van der Waals surface area contributed by atoms with Gasteiger partial charge in [0.1, 0.15) is 12.0 Å².